The van der Waals surface area contributed by atoms with Gasteiger partial charge in [0.15, 0.2) is 5.69 Å². The quantitative estimate of drug-likeness (QED) is 0.776. The summed E-state index contributed by atoms with van der Waals surface area (Å²) in [5.74, 6) is -1.09. The number of rotatable bonds is 2. The Labute approximate surface area is 128 Å². The summed E-state index contributed by atoms with van der Waals surface area (Å²) < 4.78 is 1.64. The second-order valence-electron chi connectivity index (χ2n) is 4.07. The molecule has 0 bridgehead atoms. The molecule has 2 rings (SSSR count). The summed E-state index contributed by atoms with van der Waals surface area (Å²) in [7, 11) is 1.43. The van der Waals surface area contributed by atoms with Crippen LogP contribution in [0.15, 0.2) is 45.7 Å². The van der Waals surface area contributed by atoms with Crippen molar-refractivity contribution in [2.24, 2.45) is 7.05 Å². The standard InChI is InChI=1S/C13H11BrN4O3/c1-18-11(19)7-6-10(17-18)13(21)16-15-12(20)8-4-2-3-5-9(8)14/h2-7H,1H3,(H,15,20)(H,16,21). The van der Waals surface area contributed by atoms with Crippen LogP contribution in [0.5, 0.6) is 0 Å². The van der Waals surface area contributed by atoms with Crippen molar-refractivity contribution < 1.29 is 9.59 Å². The van der Waals surface area contributed by atoms with Gasteiger partial charge in [0.05, 0.1) is 5.56 Å². The lowest BCUT2D eigenvalue weighted by Gasteiger charge is -2.08. The average molecular weight is 351 g/mol. The van der Waals surface area contributed by atoms with Gasteiger partial charge in [0, 0.05) is 17.6 Å². The molecule has 0 spiro atoms. The van der Waals surface area contributed by atoms with Crippen LogP contribution < -0.4 is 16.4 Å². The maximum Gasteiger partial charge on any atom is 0.290 e. The van der Waals surface area contributed by atoms with Crippen molar-refractivity contribution >= 4 is 27.7 Å². The number of aromatic nitrogens is 2. The molecular weight excluding hydrogens is 340 g/mol. The topological polar surface area (TPSA) is 93.1 Å². The van der Waals surface area contributed by atoms with E-state index >= 15 is 0 Å². The third kappa shape index (κ3) is 3.54. The highest BCUT2D eigenvalue weighted by molar-refractivity contribution is 9.10. The molecule has 0 fully saturated rings. The summed E-state index contributed by atoms with van der Waals surface area (Å²) in [6.45, 7) is 0. The Kier molecular flexibility index (Phi) is 4.49. The monoisotopic (exact) mass is 350 g/mol. The Morgan fingerprint density at radius 2 is 1.76 bits per heavy atom. The first-order valence-electron chi connectivity index (χ1n) is 5.88. The normalized spacial score (nSPS) is 10.0. The van der Waals surface area contributed by atoms with Crippen LogP contribution in [-0.2, 0) is 7.05 Å². The number of halogens is 1. The SMILES string of the molecule is Cn1nc(C(=O)NNC(=O)c2ccccc2Br)ccc1=O. The minimum Gasteiger partial charge on any atom is -0.268 e. The minimum atomic E-state index is -0.619. The van der Waals surface area contributed by atoms with Crippen molar-refractivity contribution in [3.05, 3.63) is 62.5 Å². The number of carbonyl (C=O) groups is 2. The first-order chi connectivity index (χ1) is 9.99. The first kappa shape index (κ1) is 14.9. The van der Waals surface area contributed by atoms with Crippen molar-refractivity contribution in [3.63, 3.8) is 0 Å². The van der Waals surface area contributed by atoms with E-state index in [1.54, 1.807) is 24.3 Å². The van der Waals surface area contributed by atoms with Crippen LogP contribution in [0.4, 0.5) is 0 Å². The first-order valence-corrected chi connectivity index (χ1v) is 6.68. The van der Waals surface area contributed by atoms with Crippen LogP contribution in [0.1, 0.15) is 20.8 Å². The fourth-order valence-electron chi connectivity index (χ4n) is 1.51. The Bertz CT molecular complexity index is 757. The zero-order valence-corrected chi connectivity index (χ0v) is 12.5. The molecule has 2 N–H and O–H groups in total. The molecule has 1 aromatic carbocycles. The second-order valence-corrected chi connectivity index (χ2v) is 4.92. The fraction of sp³-hybridized carbons (Fsp3) is 0.0769. The maximum absolute atomic E-state index is 11.9. The van der Waals surface area contributed by atoms with Crippen molar-refractivity contribution in [2.45, 2.75) is 0 Å². The lowest BCUT2D eigenvalue weighted by atomic mass is 10.2. The van der Waals surface area contributed by atoms with Gasteiger partial charge in [-0.25, -0.2) is 4.68 Å². The number of hydrogen-bond acceptors (Lipinski definition) is 4. The molecule has 1 heterocycles. The zero-order chi connectivity index (χ0) is 15.4. The Hall–Kier alpha value is -2.48. The van der Waals surface area contributed by atoms with E-state index in [4.69, 9.17) is 0 Å². The lowest BCUT2D eigenvalue weighted by Crippen LogP contribution is -2.42. The highest BCUT2D eigenvalue weighted by Crippen LogP contribution is 2.15. The minimum absolute atomic E-state index is 0.0181. The second kappa shape index (κ2) is 6.31. The average Bonchev–Trinajstić information content (AvgIpc) is 2.47. The van der Waals surface area contributed by atoms with Crippen LogP contribution >= 0.6 is 15.9 Å². The van der Waals surface area contributed by atoms with E-state index in [-0.39, 0.29) is 11.3 Å². The third-order valence-corrected chi connectivity index (χ3v) is 3.29. The van der Waals surface area contributed by atoms with E-state index in [1.165, 1.54) is 19.2 Å². The van der Waals surface area contributed by atoms with E-state index in [0.717, 1.165) is 4.68 Å². The van der Waals surface area contributed by atoms with E-state index in [0.29, 0.717) is 10.0 Å². The number of nitrogens with zero attached hydrogens (tertiary/aromatic N) is 2. The van der Waals surface area contributed by atoms with Crippen LogP contribution in [-0.4, -0.2) is 21.6 Å². The Balaban J connectivity index is 2.04. The molecule has 2 aromatic rings. The van der Waals surface area contributed by atoms with Gasteiger partial charge in [-0.1, -0.05) is 12.1 Å². The fourth-order valence-corrected chi connectivity index (χ4v) is 1.98. The molecule has 1 aromatic heterocycles. The van der Waals surface area contributed by atoms with Crippen molar-refractivity contribution in [3.8, 4) is 0 Å². The molecule has 8 heteroatoms. The van der Waals surface area contributed by atoms with Crippen molar-refractivity contribution in [2.75, 3.05) is 0 Å². The summed E-state index contributed by atoms with van der Waals surface area (Å²) in [4.78, 5) is 34.9. The number of nitrogens with one attached hydrogen (secondary N) is 2. The van der Waals surface area contributed by atoms with Gasteiger partial charge in [0.25, 0.3) is 17.4 Å². The van der Waals surface area contributed by atoms with Gasteiger partial charge in [-0.15, -0.1) is 0 Å². The van der Waals surface area contributed by atoms with Crippen LogP contribution in [0.3, 0.4) is 0 Å². The summed E-state index contributed by atoms with van der Waals surface area (Å²) in [5, 5.41) is 3.77. The predicted octanol–water partition coefficient (Wildman–Crippen LogP) is 0.618. The zero-order valence-electron chi connectivity index (χ0n) is 11.0. The van der Waals surface area contributed by atoms with E-state index < -0.39 is 11.8 Å². The Morgan fingerprint density at radius 1 is 1.10 bits per heavy atom. The molecular formula is C13H11BrN4O3. The molecule has 0 aliphatic heterocycles. The van der Waals surface area contributed by atoms with Gasteiger partial charge in [-0.3, -0.25) is 25.2 Å². The largest absolute Gasteiger partial charge is 0.290 e. The molecule has 0 radical (unpaired) electrons. The molecule has 7 nitrogen and oxygen atoms in total. The smallest absolute Gasteiger partial charge is 0.268 e. The van der Waals surface area contributed by atoms with E-state index in [9.17, 15) is 14.4 Å². The molecule has 0 atom stereocenters. The summed E-state index contributed by atoms with van der Waals surface area (Å²) in [6.07, 6.45) is 0. The molecule has 0 saturated heterocycles. The van der Waals surface area contributed by atoms with Gasteiger partial charge in [0.1, 0.15) is 0 Å². The Morgan fingerprint density at radius 3 is 2.43 bits per heavy atom. The van der Waals surface area contributed by atoms with Gasteiger partial charge < -0.3 is 0 Å². The number of benzene rings is 1. The van der Waals surface area contributed by atoms with Gasteiger partial charge in [-0.2, -0.15) is 5.10 Å². The number of carbonyl (C=O) groups excluding carboxylic acids is 2. The molecule has 0 unspecified atom stereocenters. The summed E-state index contributed by atoms with van der Waals surface area (Å²) in [6, 6.07) is 9.30. The highest BCUT2D eigenvalue weighted by Gasteiger charge is 2.12. The molecule has 21 heavy (non-hydrogen) atoms. The number of aryl methyl sites for hydroxylation is 1. The predicted molar refractivity (Wildman–Crippen MR) is 78.6 cm³/mol. The van der Waals surface area contributed by atoms with E-state index in [2.05, 4.69) is 31.9 Å². The molecule has 108 valence electrons. The summed E-state index contributed by atoms with van der Waals surface area (Å²) >= 11 is 3.24. The van der Waals surface area contributed by atoms with Crippen LogP contribution in [0, 0.1) is 0 Å². The van der Waals surface area contributed by atoms with Gasteiger partial charge in [-0.05, 0) is 34.1 Å². The number of hydrazine groups is 1. The molecule has 2 amide bonds. The molecule has 0 saturated carbocycles. The van der Waals surface area contributed by atoms with Crippen LogP contribution in [0.2, 0.25) is 0 Å². The summed E-state index contributed by atoms with van der Waals surface area (Å²) in [5.41, 5.74) is 4.58. The van der Waals surface area contributed by atoms with Crippen molar-refractivity contribution in [1.82, 2.24) is 20.6 Å². The number of hydrogen-bond donors (Lipinski definition) is 2. The van der Waals surface area contributed by atoms with Crippen molar-refractivity contribution in [1.29, 1.82) is 0 Å². The van der Waals surface area contributed by atoms with Gasteiger partial charge >= 0.3 is 0 Å². The third-order valence-electron chi connectivity index (χ3n) is 2.60. The van der Waals surface area contributed by atoms with E-state index in [1.807, 2.05) is 0 Å². The molecule has 0 aliphatic rings. The van der Waals surface area contributed by atoms with Crippen LogP contribution in [0.25, 0.3) is 0 Å². The maximum atomic E-state index is 11.9. The number of amides is 2. The van der Waals surface area contributed by atoms with Gasteiger partial charge in [0.2, 0.25) is 0 Å². The molecule has 0 aliphatic carbocycles. The highest BCUT2D eigenvalue weighted by atomic mass is 79.9. The lowest BCUT2D eigenvalue weighted by molar-refractivity contribution is 0.0842.